The van der Waals surface area contributed by atoms with Crippen LogP contribution in [-0.2, 0) is 13.0 Å². The molecule has 2 aromatic rings. The maximum Gasteiger partial charge on any atom is 0.0904 e. The molecule has 1 aliphatic carbocycles. The van der Waals surface area contributed by atoms with Crippen molar-refractivity contribution >= 4 is 0 Å². The zero-order chi connectivity index (χ0) is 13.2. The van der Waals surface area contributed by atoms with Gasteiger partial charge in [-0.05, 0) is 30.9 Å². The Morgan fingerprint density at radius 3 is 3.26 bits per heavy atom. The van der Waals surface area contributed by atoms with Gasteiger partial charge in [0, 0.05) is 36.1 Å². The highest BCUT2D eigenvalue weighted by Gasteiger charge is 2.31. The van der Waals surface area contributed by atoms with Crippen molar-refractivity contribution in [1.82, 2.24) is 14.8 Å². The second-order valence-corrected chi connectivity index (χ2v) is 5.17. The van der Waals surface area contributed by atoms with Gasteiger partial charge < -0.3 is 5.11 Å². The van der Waals surface area contributed by atoms with Gasteiger partial charge in [0.25, 0.3) is 0 Å². The predicted octanol–water partition coefficient (Wildman–Crippen LogP) is 2.45. The Kier molecular flexibility index (Phi) is 3.34. The first-order valence-corrected chi connectivity index (χ1v) is 6.93. The van der Waals surface area contributed by atoms with Gasteiger partial charge in [0.05, 0.1) is 12.3 Å². The molecule has 0 spiro atoms. The number of aryl methyl sites for hydroxylation is 2. The van der Waals surface area contributed by atoms with Gasteiger partial charge in [-0.2, -0.15) is 5.10 Å². The van der Waals surface area contributed by atoms with E-state index in [1.165, 1.54) is 5.56 Å². The number of hydrogen-bond donors (Lipinski definition) is 1. The molecule has 2 atom stereocenters. The summed E-state index contributed by atoms with van der Waals surface area (Å²) in [4.78, 5) is 4.44. The molecule has 3 rings (SSSR count). The summed E-state index contributed by atoms with van der Waals surface area (Å²) in [7, 11) is 0. The van der Waals surface area contributed by atoms with Gasteiger partial charge in [-0.15, -0.1) is 0 Å². The van der Waals surface area contributed by atoms with E-state index in [0.717, 1.165) is 37.1 Å². The first-order chi connectivity index (χ1) is 9.29. The molecule has 0 saturated heterocycles. The molecule has 0 saturated carbocycles. The van der Waals surface area contributed by atoms with Gasteiger partial charge in [0.15, 0.2) is 0 Å². The van der Waals surface area contributed by atoms with Crippen LogP contribution in [0.1, 0.15) is 48.6 Å². The van der Waals surface area contributed by atoms with Crippen LogP contribution in [0.25, 0.3) is 0 Å². The van der Waals surface area contributed by atoms with Crippen LogP contribution < -0.4 is 0 Å². The Hall–Kier alpha value is -1.68. The van der Waals surface area contributed by atoms with E-state index in [1.807, 2.05) is 23.1 Å². The molecule has 100 valence electrons. The molecule has 0 amide bonds. The van der Waals surface area contributed by atoms with Gasteiger partial charge >= 0.3 is 0 Å². The third-order valence-corrected chi connectivity index (χ3v) is 3.83. The van der Waals surface area contributed by atoms with Crippen LogP contribution in [0.3, 0.4) is 0 Å². The van der Waals surface area contributed by atoms with E-state index in [4.69, 9.17) is 0 Å². The van der Waals surface area contributed by atoms with Crippen molar-refractivity contribution in [1.29, 1.82) is 0 Å². The highest BCUT2D eigenvalue weighted by atomic mass is 16.3. The van der Waals surface area contributed by atoms with Crippen LogP contribution in [0.5, 0.6) is 0 Å². The second-order valence-electron chi connectivity index (χ2n) is 5.17. The molecular formula is C15H19N3O. The Bertz CT molecular complexity index is 564. The average Bonchev–Trinajstić information content (AvgIpc) is 3.05. The number of fused-ring (bicyclic) bond motifs is 1. The number of aliphatic hydroxyl groups excluding tert-OH is 1. The van der Waals surface area contributed by atoms with Crippen LogP contribution in [0, 0.1) is 0 Å². The number of nitrogens with zero attached hydrogens (tertiary/aromatic N) is 3. The molecule has 19 heavy (non-hydrogen) atoms. The number of pyridine rings is 1. The average molecular weight is 257 g/mol. The molecule has 0 radical (unpaired) electrons. The molecule has 2 unspecified atom stereocenters. The first-order valence-electron chi connectivity index (χ1n) is 6.93. The smallest absolute Gasteiger partial charge is 0.0904 e. The lowest BCUT2D eigenvalue weighted by atomic mass is 9.95. The number of hydrogen-bond acceptors (Lipinski definition) is 3. The Morgan fingerprint density at radius 1 is 1.53 bits per heavy atom. The Morgan fingerprint density at radius 2 is 2.42 bits per heavy atom. The van der Waals surface area contributed by atoms with Crippen molar-refractivity contribution in [3.8, 4) is 0 Å². The molecule has 0 aliphatic heterocycles. The van der Waals surface area contributed by atoms with Crippen molar-refractivity contribution in [3.63, 3.8) is 0 Å². The maximum atomic E-state index is 10.6. The van der Waals surface area contributed by atoms with Crippen molar-refractivity contribution in [2.75, 3.05) is 0 Å². The predicted molar refractivity (Wildman–Crippen MR) is 72.8 cm³/mol. The van der Waals surface area contributed by atoms with Crippen molar-refractivity contribution in [2.45, 2.75) is 44.8 Å². The van der Waals surface area contributed by atoms with Gasteiger partial charge in [0.2, 0.25) is 0 Å². The third-order valence-electron chi connectivity index (χ3n) is 3.83. The topological polar surface area (TPSA) is 50.9 Å². The standard InChI is InChI=1S/C15H19N3O/c1-2-8-18-10-12(9-17-18)15(19)13-6-5-11-4-3-7-16-14(11)13/h3-4,7,9-10,13,15,19H,2,5-6,8H2,1H3. The second kappa shape index (κ2) is 5.13. The highest BCUT2D eigenvalue weighted by Crippen LogP contribution is 2.40. The fourth-order valence-electron chi connectivity index (χ4n) is 2.87. The minimum Gasteiger partial charge on any atom is -0.388 e. The SMILES string of the molecule is CCCn1cc(C(O)C2CCc3cccnc32)cn1. The van der Waals surface area contributed by atoms with Gasteiger partial charge in [0.1, 0.15) is 0 Å². The summed E-state index contributed by atoms with van der Waals surface area (Å²) in [6.07, 6.45) is 8.06. The van der Waals surface area contributed by atoms with E-state index in [1.54, 1.807) is 6.20 Å². The van der Waals surface area contributed by atoms with Crippen molar-refractivity contribution in [2.24, 2.45) is 0 Å². The zero-order valence-corrected chi connectivity index (χ0v) is 11.2. The van der Waals surface area contributed by atoms with Crippen LogP contribution in [0.15, 0.2) is 30.7 Å². The van der Waals surface area contributed by atoms with E-state index in [-0.39, 0.29) is 5.92 Å². The lowest BCUT2D eigenvalue weighted by Crippen LogP contribution is -2.09. The summed E-state index contributed by atoms with van der Waals surface area (Å²) < 4.78 is 1.90. The van der Waals surface area contributed by atoms with E-state index in [9.17, 15) is 5.11 Å². The molecule has 4 heteroatoms. The molecule has 1 aliphatic rings. The summed E-state index contributed by atoms with van der Waals surface area (Å²) in [5, 5.41) is 14.8. The summed E-state index contributed by atoms with van der Waals surface area (Å²) in [5.41, 5.74) is 3.22. The minimum absolute atomic E-state index is 0.107. The van der Waals surface area contributed by atoms with Crippen LogP contribution in [0.4, 0.5) is 0 Å². The zero-order valence-electron chi connectivity index (χ0n) is 11.2. The molecule has 4 nitrogen and oxygen atoms in total. The first kappa shape index (κ1) is 12.4. The lowest BCUT2D eigenvalue weighted by Gasteiger charge is -2.16. The van der Waals surface area contributed by atoms with Gasteiger partial charge in [-0.3, -0.25) is 9.67 Å². The maximum absolute atomic E-state index is 10.6. The summed E-state index contributed by atoms with van der Waals surface area (Å²) >= 11 is 0. The normalized spacial score (nSPS) is 19.4. The Labute approximate surface area is 113 Å². The molecule has 0 fully saturated rings. The summed E-state index contributed by atoms with van der Waals surface area (Å²) in [6, 6.07) is 4.07. The highest BCUT2D eigenvalue weighted by molar-refractivity contribution is 5.31. The molecular weight excluding hydrogens is 238 g/mol. The molecule has 0 aromatic carbocycles. The summed E-state index contributed by atoms with van der Waals surface area (Å²) in [5.74, 6) is 0.107. The van der Waals surface area contributed by atoms with E-state index in [2.05, 4.69) is 23.1 Å². The number of aliphatic hydroxyl groups is 1. The molecule has 0 bridgehead atoms. The minimum atomic E-state index is -0.498. The third kappa shape index (κ3) is 2.28. The monoisotopic (exact) mass is 257 g/mol. The van der Waals surface area contributed by atoms with E-state index in [0.29, 0.717) is 0 Å². The van der Waals surface area contributed by atoms with E-state index >= 15 is 0 Å². The fraction of sp³-hybridized carbons (Fsp3) is 0.467. The van der Waals surface area contributed by atoms with Crippen LogP contribution in [0.2, 0.25) is 0 Å². The van der Waals surface area contributed by atoms with Gasteiger partial charge in [-0.1, -0.05) is 13.0 Å². The van der Waals surface area contributed by atoms with Gasteiger partial charge in [-0.25, -0.2) is 0 Å². The summed E-state index contributed by atoms with van der Waals surface area (Å²) in [6.45, 7) is 3.02. The lowest BCUT2D eigenvalue weighted by molar-refractivity contribution is 0.143. The van der Waals surface area contributed by atoms with Crippen LogP contribution in [-0.4, -0.2) is 19.9 Å². The number of aromatic nitrogens is 3. The molecule has 2 aromatic heterocycles. The van der Waals surface area contributed by atoms with E-state index < -0.39 is 6.10 Å². The fourth-order valence-corrected chi connectivity index (χ4v) is 2.87. The Balaban J connectivity index is 1.82. The van der Waals surface area contributed by atoms with Crippen molar-refractivity contribution in [3.05, 3.63) is 47.5 Å². The van der Waals surface area contributed by atoms with Crippen LogP contribution >= 0.6 is 0 Å². The van der Waals surface area contributed by atoms with Crippen molar-refractivity contribution < 1.29 is 5.11 Å². The molecule has 2 heterocycles. The quantitative estimate of drug-likeness (QED) is 0.915. The number of rotatable bonds is 4. The largest absolute Gasteiger partial charge is 0.388 e. The molecule has 1 N–H and O–H groups in total.